The minimum atomic E-state index is -0.372. The average Bonchev–Trinajstić information content (AvgIpc) is 2.92. The molecule has 0 saturated heterocycles. The Labute approximate surface area is 127 Å². The summed E-state index contributed by atoms with van der Waals surface area (Å²) < 4.78 is 19.6. The highest BCUT2D eigenvalue weighted by atomic mass is 35.5. The lowest BCUT2D eigenvalue weighted by atomic mass is 10.0. The van der Waals surface area contributed by atoms with Crippen molar-refractivity contribution in [3.63, 3.8) is 0 Å². The van der Waals surface area contributed by atoms with Crippen LogP contribution >= 0.6 is 34.5 Å². The van der Waals surface area contributed by atoms with Crippen LogP contribution in [0.5, 0.6) is 0 Å². The van der Waals surface area contributed by atoms with E-state index in [1.54, 1.807) is 18.2 Å². The minimum absolute atomic E-state index is 0.170. The third-order valence-corrected chi connectivity index (χ3v) is 4.22. The summed E-state index contributed by atoms with van der Waals surface area (Å²) in [4.78, 5) is 0. The van der Waals surface area contributed by atoms with Crippen molar-refractivity contribution in [2.75, 3.05) is 5.73 Å². The second-order valence-electron chi connectivity index (χ2n) is 4.02. The van der Waals surface area contributed by atoms with Crippen molar-refractivity contribution in [2.45, 2.75) is 0 Å². The van der Waals surface area contributed by atoms with Gasteiger partial charge < -0.3 is 10.3 Å². The van der Waals surface area contributed by atoms with Gasteiger partial charge in [-0.15, -0.1) is 11.3 Å². The molecule has 2 N–H and O–H groups in total. The summed E-state index contributed by atoms with van der Waals surface area (Å²) in [7, 11) is 0. The van der Waals surface area contributed by atoms with E-state index >= 15 is 0 Å². The number of nitrogens with zero attached hydrogens (tertiary/aromatic N) is 1. The number of benzene rings is 1. The summed E-state index contributed by atoms with van der Waals surface area (Å²) in [5, 5.41) is 3.73. The molecule has 0 aliphatic rings. The van der Waals surface area contributed by atoms with Crippen molar-refractivity contribution in [1.82, 2.24) is 5.16 Å². The molecule has 0 amide bonds. The lowest BCUT2D eigenvalue weighted by Crippen LogP contribution is -1.89. The Balaban J connectivity index is 2.22. The Kier molecular flexibility index (Phi) is 3.41. The van der Waals surface area contributed by atoms with Crippen LogP contribution in [-0.4, -0.2) is 5.16 Å². The molecule has 20 heavy (non-hydrogen) atoms. The van der Waals surface area contributed by atoms with E-state index in [1.807, 2.05) is 0 Å². The second kappa shape index (κ2) is 5.09. The summed E-state index contributed by atoms with van der Waals surface area (Å²) in [5.74, 6) is 0.175. The van der Waals surface area contributed by atoms with Gasteiger partial charge >= 0.3 is 0 Å². The summed E-state index contributed by atoms with van der Waals surface area (Å²) in [5.41, 5.74) is 7.47. The molecular formula is C13H7Cl2FN2OS. The van der Waals surface area contributed by atoms with Crippen molar-refractivity contribution in [3.8, 4) is 22.5 Å². The van der Waals surface area contributed by atoms with E-state index in [1.165, 1.54) is 23.5 Å². The monoisotopic (exact) mass is 328 g/mol. The fourth-order valence-electron chi connectivity index (χ4n) is 1.90. The first-order valence-electron chi connectivity index (χ1n) is 5.52. The third kappa shape index (κ3) is 2.28. The molecule has 2 heterocycles. The molecule has 3 aromatic rings. The number of nitrogen functional groups attached to an aromatic ring is 1. The highest BCUT2D eigenvalue weighted by Gasteiger charge is 2.21. The number of halogens is 3. The predicted octanol–water partition coefficient (Wildman–Crippen LogP) is 5.10. The van der Waals surface area contributed by atoms with Crippen molar-refractivity contribution < 1.29 is 8.91 Å². The minimum Gasteiger partial charge on any atom is -0.380 e. The molecule has 1 aromatic carbocycles. The van der Waals surface area contributed by atoms with Gasteiger partial charge in [-0.3, -0.25) is 0 Å². The van der Waals surface area contributed by atoms with E-state index in [9.17, 15) is 4.39 Å². The average molecular weight is 329 g/mol. The predicted molar refractivity (Wildman–Crippen MR) is 79.6 cm³/mol. The molecule has 3 rings (SSSR count). The van der Waals surface area contributed by atoms with Gasteiger partial charge in [0.2, 0.25) is 0 Å². The molecular weight excluding hydrogens is 322 g/mol. The Morgan fingerprint density at radius 3 is 2.70 bits per heavy atom. The number of thiophene rings is 1. The van der Waals surface area contributed by atoms with E-state index in [4.69, 9.17) is 33.5 Å². The molecule has 0 aliphatic carbocycles. The maximum Gasteiger partial charge on any atom is 0.179 e. The van der Waals surface area contributed by atoms with E-state index in [0.717, 1.165) is 0 Å². The van der Waals surface area contributed by atoms with Gasteiger partial charge in [0.1, 0.15) is 10.2 Å². The zero-order valence-corrected chi connectivity index (χ0v) is 12.2. The molecule has 0 aliphatic heterocycles. The van der Waals surface area contributed by atoms with Crippen molar-refractivity contribution >= 4 is 40.4 Å². The van der Waals surface area contributed by atoms with Gasteiger partial charge in [0.15, 0.2) is 11.6 Å². The SMILES string of the molecule is Nc1noc(-c2cc(Cl)sc2Cl)c1-c1cccc(F)c1. The molecule has 0 fully saturated rings. The smallest absolute Gasteiger partial charge is 0.179 e. The molecule has 0 spiro atoms. The first-order valence-corrected chi connectivity index (χ1v) is 7.10. The molecule has 0 bridgehead atoms. The second-order valence-corrected chi connectivity index (χ2v) is 6.31. The van der Waals surface area contributed by atoms with E-state index in [0.29, 0.717) is 31.1 Å². The van der Waals surface area contributed by atoms with Crippen LogP contribution in [0, 0.1) is 5.82 Å². The van der Waals surface area contributed by atoms with Gasteiger partial charge in [0.05, 0.1) is 15.5 Å². The van der Waals surface area contributed by atoms with Gasteiger partial charge in [-0.05, 0) is 23.8 Å². The molecule has 0 unspecified atom stereocenters. The van der Waals surface area contributed by atoms with Crippen LogP contribution in [0.25, 0.3) is 22.5 Å². The number of hydrogen-bond donors (Lipinski definition) is 1. The number of nitrogens with two attached hydrogens (primary N) is 1. The fourth-order valence-corrected chi connectivity index (χ4v) is 3.36. The lowest BCUT2D eigenvalue weighted by molar-refractivity contribution is 0.436. The van der Waals surface area contributed by atoms with Crippen LogP contribution in [-0.2, 0) is 0 Å². The number of rotatable bonds is 2. The molecule has 0 atom stereocenters. The lowest BCUT2D eigenvalue weighted by Gasteiger charge is -2.02. The molecule has 3 nitrogen and oxygen atoms in total. The van der Waals surface area contributed by atoms with Crippen LogP contribution in [0.3, 0.4) is 0 Å². The molecule has 0 radical (unpaired) electrons. The molecule has 7 heteroatoms. The van der Waals surface area contributed by atoms with Crippen molar-refractivity contribution in [1.29, 1.82) is 0 Å². The van der Waals surface area contributed by atoms with E-state index < -0.39 is 0 Å². The fraction of sp³-hybridized carbons (Fsp3) is 0. The largest absolute Gasteiger partial charge is 0.380 e. The van der Waals surface area contributed by atoms with Gasteiger partial charge in [-0.25, -0.2) is 4.39 Å². The summed E-state index contributed by atoms with van der Waals surface area (Å²) in [6.45, 7) is 0. The summed E-state index contributed by atoms with van der Waals surface area (Å²) in [6, 6.07) is 7.67. The zero-order valence-electron chi connectivity index (χ0n) is 9.86. The highest BCUT2D eigenvalue weighted by molar-refractivity contribution is 7.20. The quantitative estimate of drug-likeness (QED) is 0.712. The molecule has 2 aromatic heterocycles. The molecule has 102 valence electrons. The standard InChI is InChI=1S/C13H7Cl2FN2OS/c14-9-5-8(12(15)20-9)11-10(13(17)18-19-11)6-2-1-3-7(16)4-6/h1-5H,(H2,17,18). The van der Waals surface area contributed by atoms with Crippen LogP contribution in [0.2, 0.25) is 8.67 Å². The number of anilines is 1. The van der Waals surface area contributed by atoms with Crippen LogP contribution in [0.15, 0.2) is 34.9 Å². The zero-order chi connectivity index (χ0) is 14.3. The van der Waals surface area contributed by atoms with Gasteiger partial charge in [0.25, 0.3) is 0 Å². The Hall–Kier alpha value is -1.56. The normalized spacial score (nSPS) is 10.9. The number of aromatic nitrogens is 1. The number of hydrogen-bond acceptors (Lipinski definition) is 4. The van der Waals surface area contributed by atoms with Gasteiger partial charge in [-0.2, -0.15) is 0 Å². The Morgan fingerprint density at radius 2 is 2.05 bits per heavy atom. The van der Waals surface area contributed by atoms with Crippen LogP contribution in [0.4, 0.5) is 10.2 Å². The van der Waals surface area contributed by atoms with Crippen LogP contribution < -0.4 is 5.73 Å². The van der Waals surface area contributed by atoms with Crippen molar-refractivity contribution in [2.24, 2.45) is 0 Å². The topological polar surface area (TPSA) is 52.0 Å². The first-order chi connectivity index (χ1) is 9.56. The van der Waals surface area contributed by atoms with Gasteiger partial charge in [0, 0.05) is 0 Å². The summed E-state index contributed by atoms with van der Waals surface area (Å²) >= 11 is 13.2. The Morgan fingerprint density at radius 1 is 1.25 bits per heavy atom. The first kappa shape index (κ1) is 13.4. The maximum atomic E-state index is 13.4. The summed E-state index contributed by atoms with van der Waals surface area (Å²) in [6.07, 6.45) is 0. The highest BCUT2D eigenvalue weighted by Crippen LogP contribution is 2.44. The van der Waals surface area contributed by atoms with Crippen molar-refractivity contribution in [3.05, 3.63) is 44.8 Å². The van der Waals surface area contributed by atoms with E-state index in [-0.39, 0.29) is 11.6 Å². The van der Waals surface area contributed by atoms with Gasteiger partial charge in [-0.1, -0.05) is 40.5 Å². The third-order valence-electron chi connectivity index (χ3n) is 2.73. The van der Waals surface area contributed by atoms with E-state index in [2.05, 4.69) is 5.16 Å². The Bertz CT molecular complexity index is 785. The maximum absolute atomic E-state index is 13.4. The van der Waals surface area contributed by atoms with Crippen LogP contribution in [0.1, 0.15) is 0 Å². The molecule has 0 saturated carbocycles.